The predicted octanol–water partition coefficient (Wildman–Crippen LogP) is 3.48. The van der Waals surface area contributed by atoms with Crippen LogP contribution in [0.1, 0.15) is 19.8 Å². The van der Waals surface area contributed by atoms with Gasteiger partial charge in [0.15, 0.2) is 0 Å². The van der Waals surface area contributed by atoms with E-state index in [-0.39, 0.29) is 17.2 Å². The standard InChI is InChI=1S/C19H22N2O4S2/c1-2-13(22)14-17(26)21-16(25-19(23)24)15(27-18(14)21)11-8-9-20(10-11)12-6-4-3-5-7-12/h3-7,11,13-14,18,22H,2,8-10H2,1H3,(H,23,24)/t11?,13-,14-,18+/m0/s1. The molecule has 4 rings (SSSR count). The largest absolute Gasteiger partial charge is 0.512 e. The second kappa shape index (κ2) is 7.33. The SMILES string of the molecule is CC[C@H](O)[C@H]1C(=S)N2C(OC(=O)O)=C(C3CCN(c4ccccc4)C3)S[C@H]12. The van der Waals surface area contributed by atoms with Crippen LogP contribution in [0, 0.1) is 11.8 Å². The van der Waals surface area contributed by atoms with Crippen LogP contribution < -0.4 is 4.90 Å². The van der Waals surface area contributed by atoms with Gasteiger partial charge in [-0.3, -0.25) is 4.90 Å². The molecule has 4 atom stereocenters. The summed E-state index contributed by atoms with van der Waals surface area (Å²) < 4.78 is 5.16. The number of fused-ring (bicyclic) bond motifs is 1. The van der Waals surface area contributed by atoms with Gasteiger partial charge >= 0.3 is 6.16 Å². The van der Waals surface area contributed by atoms with Crippen LogP contribution in [0.3, 0.4) is 0 Å². The van der Waals surface area contributed by atoms with Crippen molar-refractivity contribution in [2.24, 2.45) is 11.8 Å². The summed E-state index contributed by atoms with van der Waals surface area (Å²) in [5, 5.41) is 19.4. The number of nitrogens with zero attached hydrogens (tertiary/aromatic N) is 2. The van der Waals surface area contributed by atoms with E-state index in [9.17, 15) is 15.0 Å². The van der Waals surface area contributed by atoms with Crippen molar-refractivity contribution in [1.29, 1.82) is 0 Å². The lowest BCUT2D eigenvalue weighted by atomic mass is 9.91. The number of thiocarbonyl (C=S) groups is 1. The topological polar surface area (TPSA) is 73.2 Å². The number of carbonyl (C=O) groups is 1. The number of ether oxygens (including phenoxy) is 1. The number of aliphatic hydroxyl groups excluding tert-OH is 1. The summed E-state index contributed by atoms with van der Waals surface area (Å²) in [5.74, 6) is 0.408. The minimum Gasteiger partial charge on any atom is -0.449 e. The van der Waals surface area contributed by atoms with Crippen LogP contribution in [-0.4, -0.2) is 50.8 Å². The fraction of sp³-hybridized carbons (Fsp3) is 0.474. The lowest BCUT2D eigenvalue weighted by molar-refractivity contribution is 0.0571. The summed E-state index contributed by atoms with van der Waals surface area (Å²) in [6.07, 6.45) is -0.298. The zero-order chi connectivity index (χ0) is 19.1. The summed E-state index contributed by atoms with van der Waals surface area (Å²) in [4.78, 5) is 16.9. The molecular formula is C19H22N2O4S2. The molecule has 0 spiro atoms. The molecule has 144 valence electrons. The number of thioether (sulfide) groups is 1. The van der Waals surface area contributed by atoms with Crippen molar-refractivity contribution in [1.82, 2.24) is 4.90 Å². The summed E-state index contributed by atoms with van der Waals surface area (Å²) in [5.41, 5.74) is 1.17. The highest BCUT2D eigenvalue weighted by Crippen LogP contribution is 2.54. The predicted molar refractivity (Wildman–Crippen MR) is 109 cm³/mol. The van der Waals surface area contributed by atoms with Crippen molar-refractivity contribution >= 4 is 40.8 Å². The van der Waals surface area contributed by atoms with Gasteiger partial charge in [0.05, 0.1) is 27.3 Å². The van der Waals surface area contributed by atoms with Crippen LogP contribution in [0.25, 0.3) is 0 Å². The Kier molecular flexibility index (Phi) is 5.05. The van der Waals surface area contributed by atoms with Gasteiger partial charge in [-0.1, -0.05) is 49.1 Å². The molecule has 6 nitrogen and oxygen atoms in total. The van der Waals surface area contributed by atoms with Crippen LogP contribution in [-0.2, 0) is 4.74 Å². The molecule has 0 aromatic heterocycles. The Morgan fingerprint density at radius 3 is 2.81 bits per heavy atom. The third kappa shape index (κ3) is 3.19. The quantitative estimate of drug-likeness (QED) is 0.569. The van der Waals surface area contributed by atoms with E-state index in [0.717, 1.165) is 24.4 Å². The maximum atomic E-state index is 11.3. The first-order valence-corrected chi connectivity index (χ1v) is 10.4. The monoisotopic (exact) mass is 406 g/mol. The van der Waals surface area contributed by atoms with Gasteiger partial charge in [0.25, 0.3) is 0 Å². The average molecular weight is 407 g/mol. The van der Waals surface area contributed by atoms with Crippen LogP contribution >= 0.6 is 24.0 Å². The molecule has 0 radical (unpaired) electrons. The molecule has 27 heavy (non-hydrogen) atoms. The summed E-state index contributed by atoms with van der Waals surface area (Å²) >= 11 is 7.08. The van der Waals surface area contributed by atoms with Gasteiger partial charge in [-0.15, -0.1) is 0 Å². The van der Waals surface area contributed by atoms with Gasteiger partial charge in [-0.05, 0) is 25.0 Å². The van der Waals surface area contributed by atoms with Gasteiger partial charge in [-0.2, -0.15) is 0 Å². The normalized spacial score (nSPS) is 28.2. The second-order valence-electron chi connectivity index (χ2n) is 7.02. The Labute approximate surface area is 167 Å². The van der Waals surface area contributed by atoms with E-state index in [1.807, 2.05) is 25.1 Å². The minimum absolute atomic E-state index is 0.0671. The fourth-order valence-electron chi connectivity index (χ4n) is 4.04. The van der Waals surface area contributed by atoms with Gasteiger partial charge < -0.3 is 19.8 Å². The van der Waals surface area contributed by atoms with Gasteiger partial charge in [-0.25, -0.2) is 4.79 Å². The summed E-state index contributed by atoms with van der Waals surface area (Å²) in [6, 6.07) is 10.2. The number of rotatable bonds is 5. The lowest BCUT2D eigenvalue weighted by Crippen LogP contribution is -2.59. The number of carboxylic acid groups (broad SMARTS) is 1. The van der Waals surface area contributed by atoms with Crippen LogP contribution in [0.4, 0.5) is 10.5 Å². The number of hydrogen-bond acceptors (Lipinski definition) is 6. The van der Waals surface area contributed by atoms with Crippen molar-refractivity contribution in [3.05, 3.63) is 41.1 Å². The van der Waals surface area contributed by atoms with E-state index < -0.39 is 12.3 Å². The fourth-order valence-corrected chi connectivity index (χ4v) is 6.33. The van der Waals surface area contributed by atoms with Gasteiger partial charge in [0, 0.05) is 24.7 Å². The van der Waals surface area contributed by atoms with E-state index in [0.29, 0.717) is 17.3 Å². The average Bonchev–Trinajstić information content (AvgIpc) is 3.25. The Balaban J connectivity index is 1.56. The molecule has 2 N–H and O–H groups in total. The molecule has 1 unspecified atom stereocenters. The van der Waals surface area contributed by atoms with Crippen molar-refractivity contribution < 1.29 is 19.7 Å². The molecule has 3 aliphatic heterocycles. The molecule has 0 amide bonds. The molecule has 1 aromatic carbocycles. The number of para-hydroxylation sites is 1. The van der Waals surface area contributed by atoms with E-state index in [1.165, 1.54) is 5.69 Å². The molecule has 0 saturated carbocycles. The third-order valence-electron chi connectivity index (χ3n) is 5.46. The Bertz CT molecular complexity index is 785. The molecule has 2 saturated heterocycles. The first-order valence-electron chi connectivity index (χ1n) is 9.14. The maximum Gasteiger partial charge on any atom is 0.512 e. The van der Waals surface area contributed by atoms with E-state index in [1.54, 1.807) is 16.7 Å². The number of hydrogen-bond donors (Lipinski definition) is 2. The first kappa shape index (κ1) is 18.6. The lowest BCUT2D eigenvalue weighted by Gasteiger charge is -2.46. The highest BCUT2D eigenvalue weighted by molar-refractivity contribution is 8.04. The molecule has 3 heterocycles. The second-order valence-corrected chi connectivity index (χ2v) is 8.60. The Morgan fingerprint density at radius 2 is 2.15 bits per heavy atom. The molecule has 2 fully saturated rings. The van der Waals surface area contributed by atoms with Gasteiger partial charge in [0.2, 0.25) is 5.88 Å². The van der Waals surface area contributed by atoms with E-state index in [4.69, 9.17) is 17.0 Å². The van der Waals surface area contributed by atoms with E-state index >= 15 is 0 Å². The van der Waals surface area contributed by atoms with Crippen molar-refractivity contribution in [2.75, 3.05) is 18.0 Å². The Morgan fingerprint density at radius 1 is 1.41 bits per heavy atom. The van der Waals surface area contributed by atoms with E-state index in [2.05, 4.69) is 17.0 Å². The minimum atomic E-state index is -1.33. The molecular weight excluding hydrogens is 384 g/mol. The highest BCUT2D eigenvalue weighted by atomic mass is 32.2. The number of benzene rings is 1. The van der Waals surface area contributed by atoms with Crippen molar-refractivity contribution in [2.45, 2.75) is 31.2 Å². The molecule has 0 aliphatic carbocycles. The van der Waals surface area contributed by atoms with Crippen molar-refractivity contribution in [3.8, 4) is 0 Å². The van der Waals surface area contributed by atoms with Crippen LogP contribution in [0.15, 0.2) is 41.1 Å². The van der Waals surface area contributed by atoms with Crippen molar-refractivity contribution in [3.63, 3.8) is 0 Å². The van der Waals surface area contributed by atoms with Crippen LogP contribution in [0.2, 0.25) is 0 Å². The molecule has 0 bridgehead atoms. The maximum absolute atomic E-state index is 11.3. The zero-order valence-electron chi connectivity index (χ0n) is 14.9. The third-order valence-corrected chi connectivity index (χ3v) is 7.44. The van der Waals surface area contributed by atoms with Crippen LogP contribution in [0.5, 0.6) is 0 Å². The highest BCUT2D eigenvalue weighted by Gasteiger charge is 2.56. The zero-order valence-corrected chi connectivity index (χ0v) is 16.6. The molecule has 3 aliphatic rings. The summed E-state index contributed by atoms with van der Waals surface area (Å²) in [6.45, 7) is 3.65. The number of aliphatic hydroxyl groups is 1. The molecule has 1 aromatic rings. The smallest absolute Gasteiger partial charge is 0.449 e. The number of anilines is 1. The summed E-state index contributed by atoms with van der Waals surface area (Å²) in [7, 11) is 0. The molecule has 8 heteroatoms. The first-order chi connectivity index (χ1) is 13.0. The van der Waals surface area contributed by atoms with Gasteiger partial charge in [0.1, 0.15) is 0 Å². The Hall–Kier alpha value is -1.77.